The Balaban J connectivity index is 1.92. The van der Waals surface area contributed by atoms with Crippen LogP contribution in [0, 0.1) is 0 Å². The lowest BCUT2D eigenvalue weighted by Crippen LogP contribution is -2.22. The highest BCUT2D eigenvalue weighted by Gasteiger charge is 2.30. The van der Waals surface area contributed by atoms with E-state index >= 15 is 0 Å². The van der Waals surface area contributed by atoms with Gasteiger partial charge in [-0.2, -0.15) is 0 Å². The molecule has 1 atom stereocenters. The van der Waals surface area contributed by atoms with E-state index in [-0.39, 0.29) is 5.02 Å². The Morgan fingerprint density at radius 1 is 1.20 bits per heavy atom. The number of carbonyl (C=O) groups excluding carboxylic acids is 2. The number of esters is 2. The molecule has 0 amide bonds. The average molecular weight is 380 g/mol. The summed E-state index contributed by atoms with van der Waals surface area (Å²) in [6, 6.07) is 6.18. The van der Waals surface area contributed by atoms with Crippen LogP contribution in [0.1, 0.15) is 39.7 Å². The van der Waals surface area contributed by atoms with Gasteiger partial charge < -0.3 is 9.47 Å². The fourth-order valence-corrected chi connectivity index (χ4v) is 3.39. The number of fused-ring (bicyclic) bond motifs is 1. The van der Waals surface area contributed by atoms with Crippen molar-refractivity contribution in [1.29, 1.82) is 0 Å². The number of hydrogen-bond donors (Lipinski definition) is 0. The molecule has 1 aliphatic carbocycles. The van der Waals surface area contributed by atoms with E-state index in [2.05, 4.69) is 4.98 Å². The van der Waals surface area contributed by atoms with Gasteiger partial charge in [0.05, 0.1) is 12.7 Å². The number of aryl methyl sites for hydroxylation is 1. The van der Waals surface area contributed by atoms with Gasteiger partial charge in [-0.1, -0.05) is 29.3 Å². The maximum atomic E-state index is 12.7. The van der Waals surface area contributed by atoms with Crippen LogP contribution in [0.4, 0.5) is 0 Å². The number of carbonyl (C=O) groups is 2. The fourth-order valence-electron chi connectivity index (χ4n) is 2.88. The Kier molecular flexibility index (Phi) is 5.25. The van der Waals surface area contributed by atoms with E-state index in [1.807, 2.05) is 0 Å². The molecule has 1 unspecified atom stereocenters. The Bertz CT molecular complexity index is 838. The van der Waals surface area contributed by atoms with Gasteiger partial charge >= 0.3 is 11.9 Å². The number of pyridine rings is 1. The molecule has 5 nitrogen and oxygen atoms in total. The molecule has 130 valence electrons. The van der Waals surface area contributed by atoms with Crippen molar-refractivity contribution in [3.8, 4) is 0 Å². The van der Waals surface area contributed by atoms with Gasteiger partial charge in [0.1, 0.15) is 0 Å². The van der Waals surface area contributed by atoms with Gasteiger partial charge in [-0.25, -0.2) is 9.59 Å². The minimum absolute atomic E-state index is 0.218. The third-order valence-electron chi connectivity index (χ3n) is 4.09. The first-order chi connectivity index (χ1) is 12.0. The van der Waals surface area contributed by atoms with Gasteiger partial charge in [0.25, 0.3) is 0 Å². The Hall–Kier alpha value is -2.11. The number of nitrogens with zero attached hydrogens (tertiary/aromatic N) is 1. The van der Waals surface area contributed by atoms with Crippen LogP contribution in [0.5, 0.6) is 0 Å². The van der Waals surface area contributed by atoms with Crippen LogP contribution in [0.25, 0.3) is 0 Å². The number of ether oxygens (including phenoxy) is 2. The molecular weight excluding hydrogens is 365 g/mol. The first-order valence-electron chi connectivity index (χ1n) is 7.71. The van der Waals surface area contributed by atoms with Crippen LogP contribution < -0.4 is 0 Å². The van der Waals surface area contributed by atoms with Gasteiger partial charge in [-0.05, 0) is 43.0 Å². The molecule has 1 aromatic carbocycles. The maximum absolute atomic E-state index is 12.7. The zero-order valence-electron chi connectivity index (χ0n) is 13.4. The third-order valence-corrected chi connectivity index (χ3v) is 4.65. The molecule has 1 aliphatic rings. The van der Waals surface area contributed by atoms with E-state index in [9.17, 15) is 9.59 Å². The summed E-state index contributed by atoms with van der Waals surface area (Å²) < 4.78 is 10.2. The molecule has 0 spiro atoms. The fraction of sp³-hybridized carbons (Fsp3) is 0.278. The van der Waals surface area contributed by atoms with E-state index < -0.39 is 18.0 Å². The summed E-state index contributed by atoms with van der Waals surface area (Å²) in [5.74, 6) is -1.33. The van der Waals surface area contributed by atoms with Gasteiger partial charge in [-0.15, -0.1) is 0 Å². The van der Waals surface area contributed by atoms with Crippen molar-refractivity contribution < 1.29 is 19.1 Å². The molecule has 0 N–H and O–H groups in total. The van der Waals surface area contributed by atoms with Crippen molar-refractivity contribution in [2.24, 2.45) is 0 Å². The molecule has 1 heterocycles. The molecule has 0 saturated heterocycles. The Morgan fingerprint density at radius 3 is 2.72 bits per heavy atom. The van der Waals surface area contributed by atoms with Crippen molar-refractivity contribution in [2.45, 2.75) is 25.4 Å². The lowest BCUT2D eigenvalue weighted by Gasteiger charge is -2.18. The number of halogens is 2. The van der Waals surface area contributed by atoms with Gasteiger partial charge in [0.15, 0.2) is 0 Å². The minimum Gasteiger partial charge on any atom is -0.466 e. The second kappa shape index (κ2) is 7.42. The summed E-state index contributed by atoms with van der Waals surface area (Å²) in [5, 5.41) is 0.631. The first kappa shape index (κ1) is 17.7. The Morgan fingerprint density at radius 2 is 2.00 bits per heavy atom. The molecule has 0 radical (unpaired) electrons. The van der Waals surface area contributed by atoms with Crippen molar-refractivity contribution in [1.82, 2.24) is 4.98 Å². The molecular formula is C18H15Cl2NO4. The number of hydrogen-bond acceptors (Lipinski definition) is 5. The lowest BCUT2D eigenvalue weighted by atomic mass is 10.1. The smallest absolute Gasteiger partial charge is 0.352 e. The van der Waals surface area contributed by atoms with Crippen LogP contribution in [-0.4, -0.2) is 24.0 Å². The second-order valence-corrected chi connectivity index (χ2v) is 6.46. The number of benzene rings is 1. The minimum atomic E-state index is -1.27. The molecule has 0 aliphatic heterocycles. The Labute approximate surface area is 154 Å². The zero-order valence-corrected chi connectivity index (χ0v) is 14.9. The summed E-state index contributed by atoms with van der Waals surface area (Å²) in [4.78, 5) is 29.1. The average Bonchev–Trinajstić information content (AvgIpc) is 3.08. The van der Waals surface area contributed by atoms with Gasteiger partial charge in [0.2, 0.25) is 6.10 Å². The number of methoxy groups -OCH3 is 1. The summed E-state index contributed by atoms with van der Waals surface area (Å²) in [6.45, 7) is 0. The number of aromatic nitrogens is 1. The SMILES string of the molecule is COC(=O)C(OC(=O)c1ccnc2c1CCC2)c1ccc(Cl)cc1Cl. The monoisotopic (exact) mass is 379 g/mol. The van der Waals surface area contributed by atoms with E-state index in [0.29, 0.717) is 16.1 Å². The second-order valence-electron chi connectivity index (χ2n) is 5.61. The normalized spacial score (nSPS) is 13.9. The van der Waals surface area contributed by atoms with E-state index in [1.165, 1.54) is 19.2 Å². The van der Waals surface area contributed by atoms with E-state index in [4.69, 9.17) is 32.7 Å². The molecule has 1 aromatic heterocycles. The standard InChI is InChI=1S/C18H15Cl2NO4/c1-24-18(23)16(13-6-5-10(19)9-14(13)20)25-17(22)12-7-8-21-15-4-2-3-11(12)15/h5-9,16H,2-4H2,1H3. The van der Waals surface area contributed by atoms with Crippen molar-refractivity contribution >= 4 is 35.1 Å². The highest BCUT2D eigenvalue weighted by Crippen LogP contribution is 2.31. The summed E-state index contributed by atoms with van der Waals surface area (Å²) in [6.07, 6.45) is 2.84. The third kappa shape index (κ3) is 3.62. The van der Waals surface area contributed by atoms with Crippen molar-refractivity contribution in [2.75, 3.05) is 7.11 Å². The molecule has 0 saturated carbocycles. The quantitative estimate of drug-likeness (QED) is 0.752. The van der Waals surface area contributed by atoms with Crippen LogP contribution >= 0.6 is 23.2 Å². The van der Waals surface area contributed by atoms with Crippen molar-refractivity contribution in [3.63, 3.8) is 0 Å². The maximum Gasteiger partial charge on any atom is 0.352 e. The number of rotatable bonds is 4. The summed E-state index contributed by atoms with van der Waals surface area (Å²) in [5.41, 5.74) is 2.50. The van der Waals surface area contributed by atoms with Crippen LogP contribution in [-0.2, 0) is 27.1 Å². The van der Waals surface area contributed by atoms with Crippen LogP contribution in [0.3, 0.4) is 0 Å². The molecule has 3 rings (SSSR count). The molecule has 0 bridgehead atoms. The summed E-state index contributed by atoms with van der Waals surface area (Å²) in [7, 11) is 1.22. The van der Waals surface area contributed by atoms with Gasteiger partial charge in [-0.3, -0.25) is 4.98 Å². The lowest BCUT2D eigenvalue weighted by molar-refractivity contribution is -0.151. The largest absolute Gasteiger partial charge is 0.466 e. The molecule has 7 heteroatoms. The highest BCUT2D eigenvalue weighted by atomic mass is 35.5. The predicted octanol–water partition coefficient (Wildman–Crippen LogP) is 3.95. The van der Waals surface area contributed by atoms with E-state index in [0.717, 1.165) is 30.5 Å². The highest BCUT2D eigenvalue weighted by molar-refractivity contribution is 6.35. The molecule has 25 heavy (non-hydrogen) atoms. The topological polar surface area (TPSA) is 65.5 Å². The molecule has 0 fully saturated rings. The first-order valence-corrected chi connectivity index (χ1v) is 8.47. The predicted molar refractivity (Wildman–Crippen MR) is 92.9 cm³/mol. The zero-order chi connectivity index (χ0) is 18.0. The summed E-state index contributed by atoms with van der Waals surface area (Å²) >= 11 is 12.0. The van der Waals surface area contributed by atoms with E-state index in [1.54, 1.807) is 18.3 Å². The van der Waals surface area contributed by atoms with Crippen LogP contribution in [0.15, 0.2) is 30.5 Å². The molecule has 2 aromatic rings. The van der Waals surface area contributed by atoms with Crippen LogP contribution in [0.2, 0.25) is 10.0 Å². The van der Waals surface area contributed by atoms with Gasteiger partial charge in [0, 0.05) is 27.5 Å². The van der Waals surface area contributed by atoms with Crippen molar-refractivity contribution in [3.05, 3.63) is 62.9 Å².